The van der Waals surface area contributed by atoms with Crippen LogP contribution in [0.15, 0.2) is 56.8 Å². The van der Waals surface area contributed by atoms with Crippen LogP contribution in [0.4, 0.5) is 5.69 Å². The van der Waals surface area contributed by atoms with E-state index < -0.39 is 0 Å². The van der Waals surface area contributed by atoms with Crippen molar-refractivity contribution >= 4 is 33.3 Å². The maximum atomic E-state index is 4.45. The standard InChI is InChI=1S/C18H15BrN2/c1-18(2)8-7-13-12(10-18)9-15-14(13)5-3-11-4-6-16(19)20-21-17(11)15/h3,5-10H,4H2,1-2H3. The minimum atomic E-state index is 0.112. The molecule has 0 atom stereocenters. The van der Waals surface area contributed by atoms with Crippen molar-refractivity contribution in [3.8, 4) is 0 Å². The van der Waals surface area contributed by atoms with Crippen LogP contribution in [0, 0.1) is 5.41 Å². The van der Waals surface area contributed by atoms with Crippen molar-refractivity contribution in [2.45, 2.75) is 20.3 Å². The van der Waals surface area contributed by atoms with E-state index in [0.717, 1.165) is 16.7 Å². The second-order valence-electron chi connectivity index (χ2n) is 6.28. The molecule has 0 saturated heterocycles. The summed E-state index contributed by atoms with van der Waals surface area (Å²) in [6, 6.07) is 4.39. The van der Waals surface area contributed by atoms with Crippen molar-refractivity contribution in [3.63, 3.8) is 0 Å². The Morgan fingerprint density at radius 2 is 2.05 bits per heavy atom. The zero-order chi connectivity index (χ0) is 14.6. The monoisotopic (exact) mass is 338 g/mol. The molecule has 21 heavy (non-hydrogen) atoms. The lowest BCUT2D eigenvalue weighted by molar-refractivity contribution is 0.621. The van der Waals surface area contributed by atoms with Gasteiger partial charge in [0.05, 0.1) is 5.69 Å². The Kier molecular flexibility index (Phi) is 2.70. The van der Waals surface area contributed by atoms with E-state index in [4.69, 9.17) is 0 Å². The first-order chi connectivity index (χ1) is 10.0. The SMILES string of the molecule is CC1(C)C=CC2=c3ccc4c(c3=CC2=C1)N=NC(Br)=CC4. The number of allylic oxidation sites excluding steroid dienone is 5. The molecule has 2 nitrogen and oxygen atoms in total. The highest BCUT2D eigenvalue weighted by molar-refractivity contribution is 9.11. The van der Waals surface area contributed by atoms with E-state index in [9.17, 15) is 0 Å². The van der Waals surface area contributed by atoms with Gasteiger partial charge in [-0.05, 0) is 56.4 Å². The second-order valence-corrected chi connectivity index (χ2v) is 7.09. The number of hydrogen-bond donors (Lipinski definition) is 0. The van der Waals surface area contributed by atoms with Crippen LogP contribution in [-0.2, 0) is 6.42 Å². The zero-order valence-electron chi connectivity index (χ0n) is 12.0. The average molecular weight is 339 g/mol. The number of hydrogen-bond acceptors (Lipinski definition) is 2. The van der Waals surface area contributed by atoms with E-state index in [1.54, 1.807) is 0 Å². The van der Waals surface area contributed by atoms with Gasteiger partial charge in [0.25, 0.3) is 0 Å². The molecule has 0 radical (unpaired) electrons. The van der Waals surface area contributed by atoms with Gasteiger partial charge >= 0.3 is 0 Å². The molecule has 0 aromatic heterocycles. The molecule has 1 aliphatic heterocycles. The smallest absolute Gasteiger partial charge is 0.125 e. The molecule has 0 saturated carbocycles. The van der Waals surface area contributed by atoms with Gasteiger partial charge in [-0.15, -0.1) is 10.2 Å². The first kappa shape index (κ1) is 13.0. The highest BCUT2D eigenvalue weighted by atomic mass is 79.9. The third-order valence-electron chi connectivity index (χ3n) is 4.14. The summed E-state index contributed by atoms with van der Waals surface area (Å²) >= 11 is 3.42. The van der Waals surface area contributed by atoms with E-state index in [1.807, 2.05) is 0 Å². The molecule has 0 spiro atoms. The minimum Gasteiger partial charge on any atom is -0.149 e. The number of azo groups is 1. The molecule has 2 aliphatic carbocycles. The molecular formula is C18H15BrN2. The molecule has 104 valence electrons. The van der Waals surface area contributed by atoms with Gasteiger partial charge in [0, 0.05) is 10.6 Å². The van der Waals surface area contributed by atoms with Crippen LogP contribution in [-0.4, -0.2) is 0 Å². The predicted octanol–water partition coefficient (Wildman–Crippen LogP) is 4.03. The summed E-state index contributed by atoms with van der Waals surface area (Å²) in [7, 11) is 0. The Morgan fingerprint density at radius 1 is 1.19 bits per heavy atom. The van der Waals surface area contributed by atoms with Crippen LogP contribution >= 0.6 is 15.9 Å². The minimum absolute atomic E-state index is 0.112. The zero-order valence-corrected chi connectivity index (χ0v) is 13.6. The Hall–Kier alpha value is -1.74. The molecule has 0 bridgehead atoms. The molecule has 1 aromatic rings. The third-order valence-corrected chi connectivity index (χ3v) is 4.63. The van der Waals surface area contributed by atoms with Crippen LogP contribution in [0.3, 0.4) is 0 Å². The van der Waals surface area contributed by atoms with Gasteiger partial charge < -0.3 is 0 Å². The predicted molar refractivity (Wildman–Crippen MR) is 89.8 cm³/mol. The molecule has 3 heteroatoms. The molecular weight excluding hydrogens is 324 g/mol. The van der Waals surface area contributed by atoms with Gasteiger partial charge in [0.1, 0.15) is 4.61 Å². The van der Waals surface area contributed by atoms with Crippen molar-refractivity contribution in [2.24, 2.45) is 15.6 Å². The molecule has 1 aromatic carbocycles. The molecule has 3 aliphatic rings. The van der Waals surface area contributed by atoms with Crippen LogP contribution in [0.1, 0.15) is 19.4 Å². The molecule has 0 unspecified atom stereocenters. The van der Waals surface area contributed by atoms with Crippen LogP contribution in [0.5, 0.6) is 0 Å². The van der Waals surface area contributed by atoms with E-state index in [0.29, 0.717) is 0 Å². The van der Waals surface area contributed by atoms with Crippen molar-refractivity contribution in [1.29, 1.82) is 0 Å². The lowest BCUT2D eigenvalue weighted by atomic mass is 9.84. The van der Waals surface area contributed by atoms with E-state index in [1.165, 1.54) is 27.1 Å². The number of nitrogens with zero attached hydrogens (tertiary/aromatic N) is 2. The fourth-order valence-electron chi connectivity index (χ4n) is 3.09. The Bertz CT molecular complexity index is 896. The summed E-state index contributed by atoms with van der Waals surface area (Å²) in [5, 5.41) is 11.1. The quantitative estimate of drug-likeness (QED) is 0.638. The largest absolute Gasteiger partial charge is 0.149 e. The van der Waals surface area contributed by atoms with Crippen molar-refractivity contribution in [3.05, 3.63) is 62.6 Å². The van der Waals surface area contributed by atoms with Crippen molar-refractivity contribution in [1.82, 2.24) is 0 Å². The van der Waals surface area contributed by atoms with Crippen LogP contribution in [0.2, 0.25) is 0 Å². The van der Waals surface area contributed by atoms with Crippen molar-refractivity contribution in [2.75, 3.05) is 0 Å². The molecule has 0 N–H and O–H groups in total. The summed E-state index contributed by atoms with van der Waals surface area (Å²) in [4.78, 5) is 0. The van der Waals surface area contributed by atoms with E-state index in [2.05, 4.69) is 82.5 Å². The third kappa shape index (κ3) is 2.07. The Balaban J connectivity index is 2.03. The number of rotatable bonds is 0. The topological polar surface area (TPSA) is 24.7 Å². The van der Waals surface area contributed by atoms with Gasteiger partial charge in [0.15, 0.2) is 0 Å². The summed E-state index contributed by atoms with van der Waals surface area (Å²) in [6.07, 6.45) is 12.0. The number of halogens is 1. The van der Waals surface area contributed by atoms with E-state index >= 15 is 0 Å². The van der Waals surface area contributed by atoms with E-state index in [-0.39, 0.29) is 5.41 Å². The highest BCUT2D eigenvalue weighted by Gasteiger charge is 2.22. The first-order valence-electron chi connectivity index (χ1n) is 7.11. The molecule has 4 rings (SSSR count). The molecule has 0 fully saturated rings. The van der Waals surface area contributed by atoms with Crippen molar-refractivity contribution < 1.29 is 0 Å². The van der Waals surface area contributed by atoms with Gasteiger partial charge in [-0.2, -0.15) is 0 Å². The number of benzene rings is 1. The maximum Gasteiger partial charge on any atom is 0.125 e. The summed E-state index contributed by atoms with van der Waals surface area (Å²) in [6.45, 7) is 4.46. The van der Waals surface area contributed by atoms with Gasteiger partial charge in [-0.25, -0.2) is 0 Å². The lowest BCUT2D eigenvalue weighted by Gasteiger charge is -2.21. The Labute approximate surface area is 132 Å². The van der Waals surface area contributed by atoms with Gasteiger partial charge in [-0.3, -0.25) is 0 Å². The average Bonchev–Trinajstić information content (AvgIpc) is 2.67. The van der Waals surface area contributed by atoms with Gasteiger partial charge in [0.2, 0.25) is 0 Å². The highest BCUT2D eigenvalue weighted by Crippen LogP contribution is 2.33. The van der Waals surface area contributed by atoms with Crippen LogP contribution in [0.25, 0.3) is 11.6 Å². The lowest BCUT2D eigenvalue weighted by Crippen LogP contribution is -2.24. The normalized spacial score (nSPS) is 20.8. The first-order valence-corrected chi connectivity index (χ1v) is 7.91. The summed E-state index contributed by atoms with van der Waals surface area (Å²) in [5.74, 6) is 0. The molecule has 0 amide bonds. The van der Waals surface area contributed by atoms with Gasteiger partial charge in [-0.1, -0.05) is 44.2 Å². The van der Waals surface area contributed by atoms with Crippen LogP contribution < -0.4 is 10.4 Å². The molecule has 1 heterocycles. The fraction of sp³-hybridized carbons (Fsp3) is 0.222. The Morgan fingerprint density at radius 3 is 2.90 bits per heavy atom. The fourth-order valence-corrected chi connectivity index (χ4v) is 3.33. The maximum absolute atomic E-state index is 4.45. The summed E-state index contributed by atoms with van der Waals surface area (Å²) < 4.78 is 0.802. The number of fused-ring (bicyclic) bond motifs is 4. The second kappa shape index (κ2) is 4.38. The summed E-state index contributed by atoms with van der Waals surface area (Å²) in [5.41, 5.74) is 4.95.